The zero-order chi connectivity index (χ0) is 23.7. The van der Waals surface area contributed by atoms with E-state index in [0.717, 1.165) is 39.9 Å². The molecule has 0 amide bonds. The van der Waals surface area contributed by atoms with Gasteiger partial charge in [-0.1, -0.05) is 30.3 Å². The molecule has 5 nitrogen and oxygen atoms in total. The van der Waals surface area contributed by atoms with E-state index in [0.29, 0.717) is 24.8 Å². The lowest BCUT2D eigenvalue weighted by molar-refractivity contribution is 0.0687. The smallest absolute Gasteiger partial charge is 0.353 e. The van der Waals surface area contributed by atoms with Gasteiger partial charge < -0.3 is 19.7 Å². The van der Waals surface area contributed by atoms with E-state index in [1.165, 1.54) is 25.0 Å². The molecule has 2 N–H and O–H groups in total. The summed E-state index contributed by atoms with van der Waals surface area (Å²) in [5.74, 6) is -0.574. The number of halogens is 1. The first-order chi connectivity index (χ1) is 16.5. The second-order valence-corrected chi connectivity index (χ2v) is 8.71. The Bertz CT molecular complexity index is 1320. The molecule has 1 aromatic heterocycles. The van der Waals surface area contributed by atoms with Crippen molar-refractivity contribution in [1.82, 2.24) is 9.88 Å². The number of benzene rings is 3. The number of carboxylic acid groups (broad SMARTS) is 1. The summed E-state index contributed by atoms with van der Waals surface area (Å²) in [5, 5.41) is 14.7. The second-order valence-electron chi connectivity index (χ2n) is 8.71. The fourth-order valence-corrected chi connectivity index (χ4v) is 4.40. The molecule has 1 aliphatic rings. The summed E-state index contributed by atoms with van der Waals surface area (Å²) in [5.41, 5.74) is 4.49. The van der Waals surface area contributed by atoms with E-state index in [1.807, 2.05) is 47.9 Å². The third-order valence-corrected chi connectivity index (χ3v) is 6.21. The molecule has 5 rings (SSSR count). The molecular formula is C28H27FN2O3. The maximum absolute atomic E-state index is 13.5. The lowest BCUT2D eigenvalue weighted by Gasteiger charge is -2.10. The number of aromatic nitrogens is 1. The minimum Gasteiger partial charge on any atom is -0.494 e. The minimum atomic E-state index is -1.00. The summed E-state index contributed by atoms with van der Waals surface area (Å²) >= 11 is 0. The van der Waals surface area contributed by atoms with E-state index in [1.54, 1.807) is 12.1 Å². The van der Waals surface area contributed by atoms with Crippen LogP contribution < -0.4 is 10.1 Å². The number of aromatic carboxylic acids is 1. The Balaban J connectivity index is 1.66. The molecule has 0 atom stereocenters. The lowest BCUT2D eigenvalue weighted by atomic mass is 10.00. The topological polar surface area (TPSA) is 63.5 Å². The van der Waals surface area contributed by atoms with Crippen LogP contribution in [0.4, 0.5) is 4.39 Å². The number of hydrogen-bond donors (Lipinski definition) is 2. The van der Waals surface area contributed by atoms with Gasteiger partial charge in [0.15, 0.2) is 0 Å². The van der Waals surface area contributed by atoms with Crippen LogP contribution >= 0.6 is 0 Å². The normalized spacial score (nSPS) is 13.4. The van der Waals surface area contributed by atoms with Gasteiger partial charge in [0.1, 0.15) is 17.3 Å². The molecule has 1 aliphatic carbocycles. The van der Waals surface area contributed by atoms with Crippen molar-refractivity contribution in [3.63, 3.8) is 0 Å². The van der Waals surface area contributed by atoms with E-state index < -0.39 is 5.97 Å². The maximum Gasteiger partial charge on any atom is 0.353 e. The molecule has 0 radical (unpaired) electrons. The maximum atomic E-state index is 13.5. The molecule has 1 saturated carbocycles. The number of nitrogens with zero attached hydrogens (tertiary/aromatic N) is 1. The number of hydrogen-bond acceptors (Lipinski definition) is 3. The monoisotopic (exact) mass is 458 g/mol. The molecule has 174 valence electrons. The number of nitrogens with one attached hydrogen (secondary N) is 1. The van der Waals surface area contributed by atoms with Crippen molar-refractivity contribution in [2.45, 2.75) is 38.9 Å². The Morgan fingerprint density at radius 2 is 1.76 bits per heavy atom. The highest BCUT2D eigenvalue weighted by molar-refractivity contribution is 6.08. The average molecular weight is 459 g/mol. The molecule has 0 saturated heterocycles. The summed E-state index contributed by atoms with van der Waals surface area (Å²) in [6.07, 6.45) is 2.41. The van der Waals surface area contributed by atoms with Crippen LogP contribution in [-0.4, -0.2) is 28.3 Å². The van der Waals surface area contributed by atoms with Gasteiger partial charge in [0, 0.05) is 35.6 Å². The van der Waals surface area contributed by atoms with Crippen molar-refractivity contribution >= 4 is 16.9 Å². The Labute approximate surface area is 197 Å². The van der Waals surface area contributed by atoms with Gasteiger partial charge in [-0.15, -0.1) is 0 Å². The van der Waals surface area contributed by atoms with Crippen LogP contribution in [0, 0.1) is 5.82 Å². The number of carbonyl (C=O) groups is 1. The molecule has 0 bridgehead atoms. The van der Waals surface area contributed by atoms with Gasteiger partial charge in [0.25, 0.3) is 0 Å². The molecule has 34 heavy (non-hydrogen) atoms. The van der Waals surface area contributed by atoms with Crippen LogP contribution in [0.1, 0.15) is 41.4 Å². The lowest BCUT2D eigenvalue weighted by Crippen LogP contribution is -2.15. The van der Waals surface area contributed by atoms with Crippen LogP contribution in [0.3, 0.4) is 0 Å². The highest BCUT2D eigenvalue weighted by Gasteiger charge is 2.25. The third-order valence-electron chi connectivity index (χ3n) is 6.21. The standard InChI is InChI=1S/C28H27FN2O3/c1-2-34-23-12-6-20(7-13-23)26-24-15-19(16-30-22-10-11-22)5-14-25(24)31(27(26)28(32)33)17-18-3-8-21(29)9-4-18/h3-9,12-15,22,30H,2,10-11,16-17H2,1H3,(H,32,33). The molecule has 1 heterocycles. The molecule has 0 spiro atoms. The minimum absolute atomic E-state index is 0.218. The predicted molar refractivity (Wildman–Crippen MR) is 131 cm³/mol. The van der Waals surface area contributed by atoms with E-state index in [-0.39, 0.29) is 11.5 Å². The summed E-state index contributed by atoms with van der Waals surface area (Å²) in [4.78, 5) is 12.6. The van der Waals surface area contributed by atoms with Crippen LogP contribution in [0.25, 0.3) is 22.0 Å². The summed E-state index contributed by atoms with van der Waals surface area (Å²) in [6.45, 7) is 3.56. The Morgan fingerprint density at radius 1 is 1.06 bits per heavy atom. The molecule has 1 fully saturated rings. The van der Waals surface area contributed by atoms with Crippen molar-refractivity contribution in [1.29, 1.82) is 0 Å². The quantitative estimate of drug-likeness (QED) is 0.331. The van der Waals surface area contributed by atoms with Crippen molar-refractivity contribution in [2.75, 3.05) is 6.61 Å². The summed E-state index contributed by atoms with van der Waals surface area (Å²) < 4.78 is 20.8. The van der Waals surface area contributed by atoms with Crippen LogP contribution in [0.15, 0.2) is 66.7 Å². The average Bonchev–Trinajstić information content (AvgIpc) is 3.61. The fraction of sp³-hybridized carbons (Fsp3) is 0.250. The van der Waals surface area contributed by atoms with Crippen LogP contribution in [0.5, 0.6) is 5.75 Å². The highest BCUT2D eigenvalue weighted by atomic mass is 19.1. The molecule has 6 heteroatoms. The zero-order valence-corrected chi connectivity index (χ0v) is 19.1. The number of rotatable bonds is 9. The fourth-order valence-electron chi connectivity index (χ4n) is 4.40. The van der Waals surface area contributed by atoms with Crippen molar-refractivity contribution in [2.24, 2.45) is 0 Å². The van der Waals surface area contributed by atoms with E-state index in [2.05, 4.69) is 11.4 Å². The van der Waals surface area contributed by atoms with Crippen LogP contribution in [-0.2, 0) is 13.1 Å². The van der Waals surface area contributed by atoms with Crippen molar-refractivity contribution in [3.8, 4) is 16.9 Å². The first kappa shape index (κ1) is 22.2. The van der Waals surface area contributed by atoms with Crippen LogP contribution in [0.2, 0.25) is 0 Å². The SMILES string of the molecule is CCOc1ccc(-c2c(C(=O)O)n(Cc3ccc(F)cc3)c3ccc(CNC4CC4)cc23)cc1. The predicted octanol–water partition coefficient (Wildman–Crippen LogP) is 5.84. The molecule has 0 unspecified atom stereocenters. The Morgan fingerprint density at radius 3 is 2.41 bits per heavy atom. The van der Waals surface area contributed by atoms with E-state index in [9.17, 15) is 14.3 Å². The third kappa shape index (κ3) is 4.54. The van der Waals surface area contributed by atoms with E-state index in [4.69, 9.17) is 4.74 Å². The molecule has 4 aromatic rings. The molecule has 0 aliphatic heterocycles. The van der Waals surface area contributed by atoms with Gasteiger partial charge in [0.2, 0.25) is 0 Å². The first-order valence-corrected chi connectivity index (χ1v) is 11.6. The second kappa shape index (κ2) is 9.31. The van der Waals surface area contributed by atoms with Gasteiger partial charge in [-0.05, 0) is 72.9 Å². The molecular weight excluding hydrogens is 431 g/mol. The largest absolute Gasteiger partial charge is 0.494 e. The highest BCUT2D eigenvalue weighted by Crippen LogP contribution is 2.37. The van der Waals surface area contributed by atoms with E-state index >= 15 is 0 Å². The first-order valence-electron chi connectivity index (χ1n) is 11.6. The number of carboxylic acids is 1. The van der Waals surface area contributed by atoms with Gasteiger partial charge in [-0.2, -0.15) is 0 Å². The van der Waals surface area contributed by atoms with Gasteiger partial charge >= 0.3 is 5.97 Å². The number of fused-ring (bicyclic) bond motifs is 1. The molecule has 3 aromatic carbocycles. The number of ether oxygens (including phenoxy) is 1. The summed E-state index contributed by atoms with van der Waals surface area (Å²) in [7, 11) is 0. The van der Waals surface area contributed by atoms with Gasteiger partial charge in [0.05, 0.1) is 6.61 Å². The van der Waals surface area contributed by atoms with Gasteiger partial charge in [-0.3, -0.25) is 0 Å². The van der Waals surface area contributed by atoms with Crippen molar-refractivity contribution < 1.29 is 19.0 Å². The Hall–Kier alpha value is -3.64. The van der Waals surface area contributed by atoms with Gasteiger partial charge in [-0.25, -0.2) is 9.18 Å². The summed E-state index contributed by atoms with van der Waals surface area (Å²) in [6, 6.07) is 20.4. The zero-order valence-electron chi connectivity index (χ0n) is 19.1. The van der Waals surface area contributed by atoms with Crippen molar-refractivity contribution in [3.05, 3.63) is 89.4 Å². The Kier molecular flexibility index (Phi) is 6.07.